The summed E-state index contributed by atoms with van der Waals surface area (Å²) in [6.45, 7) is 0. The van der Waals surface area contributed by atoms with Gasteiger partial charge in [0.25, 0.3) is 0 Å². The van der Waals surface area contributed by atoms with Gasteiger partial charge in [-0.25, -0.2) is 0 Å². The van der Waals surface area contributed by atoms with Crippen molar-refractivity contribution in [3.63, 3.8) is 0 Å². The van der Waals surface area contributed by atoms with Crippen LogP contribution in [-0.2, 0) is 0 Å². The number of hydrogen-bond donors (Lipinski definition) is 0. The second-order valence-corrected chi connectivity index (χ2v) is 6.76. The lowest BCUT2D eigenvalue weighted by Crippen LogP contribution is -2.09. The molecule has 18 heavy (non-hydrogen) atoms. The Morgan fingerprint density at radius 1 is 0.778 bits per heavy atom. The molecule has 0 aromatic heterocycles. The molecule has 0 N–H and O–H groups in total. The smallest absolute Gasteiger partial charge is 0.104 e. The quantitative estimate of drug-likeness (QED) is 0.437. The first kappa shape index (κ1) is 14.4. The van der Waals surface area contributed by atoms with Crippen LogP contribution in [0.4, 0.5) is 0 Å². The summed E-state index contributed by atoms with van der Waals surface area (Å²) in [7, 11) is 0. The molecule has 0 heterocycles. The molecule has 0 amide bonds. The molecule has 0 radical (unpaired) electrons. The summed E-state index contributed by atoms with van der Waals surface area (Å²) in [5, 5.41) is 0.709. The van der Waals surface area contributed by atoms with Gasteiger partial charge in [0.1, 0.15) is 4.84 Å². The van der Waals surface area contributed by atoms with Crippen molar-refractivity contribution in [3.8, 4) is 0 Å². The highest BCUT2D eigenvalue weighted by atomic mass is 127. The zero-order valence-electron chi connectivity index (χ0n) is 9.29. The molecule has 94 valence electrons. The molecule has 4 heteroatoms. The van der Waals surface area contributed by atoms with Gasteiger partial charge < -0.3 is 0 Å². The fourth-order valence-corrected chi connectivity index (χ4v) is 2.89. The minimum Gasteiger partial charge on any atom is -0.104 e. The third kappa shape index (κ3) is 3.53. The second kappa shape index (κ2) is 6.47. The van der Waals surface area contributed by atoms with Crippen LogP contribution < -0.4 is 0 Å². The van der Waals surface area contributed by atoms with E-state index in [1.54, 1.807) is 0 Å². The van der Waals surface area contributed by atoms with Gasteiger partial charge in [-0.15, -0.1) is 23.2 Å². The van der Waals surface area contributed by atoms with Crippen molar-refractivity contribution in [3.05, 3.63) is 68.3 Å². The van der Waals surface area contributed by atoms with Crippen molar-refractivity contribution in [2.45, 2.75) is 10.8 Å². The highest BCUT2D eigenvalue weighted by molar-refractivity contribution is 14.1. The van der Waals surface area contributed by atoms with Crippen LogP contribution in [0.1, 0.15) is 17.0 Å². The Bertz CT molecular complexity index is 460. The van der Waals surface area contributed by atoms with Gasteiger partial charge in [0.15, 0.2) is 0 Å². The molecule has 1 atom stereocenters. The van der Waals surface area contributed by atoms with E-state index in [1.165, 1.54) is 3.57 Å². The highest BCUT2D eigenvalue weighted by Crippen LogP contribution is 2.34. The Hall–Kier alpha value is 0.0400. The fraction of sp³-hybridized carbons (Fsp3) is 0.143. The second-order valence-electron chi connectivity index (χ2n) is 3.92. The maximum Gasteiger partial charge on any atom is 0.118 e. The van der Waals surface area contributed by atoms with Crippen LogP contribution in [-0.4, -0.2) is 4.84 Å². The Morgan fingerprint density at radius 2 is 1.22 bits per heavy atom. The number of halogens is 4. The maximum absolute atomic E-state index is 6.12. The topological polar surface area (TPSA) is 0 Å². The predicted octanol–water partition coefficient (Wildman–Crippen LogP) is 5.88. The number of hydrogen-bond acceptors (Lipinski definition) is 0. The zero-order valence-corrected chi connectivity index (χ0v) is 13.7. The third-order valence-electron chi connectivity index (χ3n) is 2.71. The third-order valence-corrected chi connectivity index (χ3v) is 4.19. The molecule has 0 fully saturated rings. The van der Waals surface area contributed by atoms with E-state index < -0.39 is 4.84 Å². The van der Waals surface area contributed by atoms with Gasteiger partial charge in [-0.1, -0.05) is 35.9 Å². The van der Waals surface area contributed by atoms with Crippen LogP contribution in [0, 0.1) is 3.57 Å². The number of alkyl halides is 2. The Kier molecular flexibility index (Phi) is 5.19. The fourth-order valence-electron chi connectivity index (χ4n) is 1.82. The van der Waals surface area contributed by atoms with Crippen molar-refractivity contribution >= 4 is 57.4 Å². The minimum atomic E-state index is -0.494. The monoisotopic (exact) mass is 410 g/mol. The van der Waals surface area contributed by atoms with Gasteiger partial charge in [0.05, 0.1) is 0 Å². The SMILES string of the molecule is Clc1ccc([C@@H](c2ccc(I)cc2)C(Cl)Cl)cc1. The molecule has 0 nitrogen and oxygen atoms in total. The molecule has 0 spiro atoms. The van der Waals surface area contributed by atoms with Crippen molar-refractivity contribution in [1.29, 1.82) is 0 Å². The molecule has 0 aliphatic carbocycles. The molecule has 2 aromatic rings. The lowest BCUT2D eigenvalue weighted by Gasteiger charge is -2.19. The first-order chi connectivity index (χ1) is 8.58. The predicted molar refractivity (Wildman–Crippen MR) is 87.9 cm³/mol. The van der Waals surface area contributed by atoms with E-state index in [9.17, 15) is 0 Å². The zero-order chi connectivity index (χ0) is 13.1. The van der Waals surface area contributed by atoms with E-state index in [-0.39, 0.29) is 5.92 Å². The summed E-state index contributed by atoms with van der Waals surface area (Å²) in [6.07, 6.45) is 0. The molecule has 2 aromatic carbocycles. The minimum absolute atomic E-state index is 0.0393. The largest absolute Gasteiger partial charge is 0.118 e. The molecule has 2 rings (SSSR count). The number of rotatable bonds is 3. The molecule has 0 unspecified atom stereocenters. The normalized spacial score (nSPS) is 12.7. The van der Waals surface area contributed by atoms with E-state index in [1.807, 2.05) is 24.3 Å². The summed E-state index contributed by atoms with van der Waals surface area (Å²) < 4.78 is 1.19. The number of benzene rings is 2. The molecule has 0 bridgehead atoms. The molecular formula is C14H10Cl3I. The highest BCUT2D eigenvalue weighted by Gasteiger charge is 2.21. The standard InChI is InChI=1S/C14H10Cl3I/c15-11-5-1-9(2-6-11)13(14(16)17)10-3-7-12(18)8-4-10/h1-8,13-14H/t13-/m0/s1. The van der Waals surface area contributed by atoms with Gasteiger partial charge in [0.2, 0.25) is 0 Å². The Balaban J connectivity index is 2.39. The molecular weight excluding hydrogens is 401 g/mol. The average molecular weight is 411 g/mol. The van der Waals surface area contributed by atoms with E-state index in [0.29, 0.717) is 5.02 Å². The Labute approximate surface area is 135 Å². The summed E-state index contributed by atoms with van der Waals surface area (Å²) in [4.78, 5) is -0.494. The van der Waals surface area contributed by atoms with Crippen molar-refractivity contribution in [2.75, 3.05) is 0 Å². The summed E-state index contributed by atoms with van der Waals surface area (Å²) in [5.74, 6) is -0.0393. The van der Waals surface area contributed by atoms with Crippen molar-refractivity contribution in [1.82, 2.24) is 0 Å². The van der Waals surface area contributed by atoms with Gasteiger partial charge in [-0.3, -0.25) is 0 Å². The van der Waals surface area contributed by atoms with Crippen molar-refractivity contribution in [2.24, 2.45) is 0 Å². The first-order valence-electron chi connectivity index (χ1n) is 5.37. The lowest BCUT2D eigenvalue weighted by molar-refractivity contribution is 0.886. The Morgan fingerprint density at radius 3 is 1.67 bits per heavy atom. The maximum atomic E-state index is 6.12. The molecule has 0 saturated heterocycles. The van der Waals surface area contributed by atoms with Gasteiger partial charge in [0, 0.05) is 14.5 Å². The van der Waals surface area contributed by atoms with Crippen LogP contribution in [0.5, 0.6) is 0 Å². The first-order valence-corrected chi connectivity index (χ1v) is 7.70. The van der Waals surface area contributed by atoms with Crippen LogP contribution in [0.3, 0.4) is 0 Å². The average Bonchev–Trinajstić information content (AvgIpc) is 2.34. The van der Waals surface area contributed by atoms with Crippen LogP contribution in [0.25, 0.3) is 0 Å². The van der Waals surface area contributed by atoms with E-state index in [2.05, 4.69) is 46.9 Å². The van der Waals surface area contributed by atoms with Crippen LogP contribution >= 0.6 is 57.4 Å². The van der Waals surface area contributed by atoms with Gasteiger partial charge in [-0.05, 0) is 58.0 Å². The van der Waals surface area contributed by atoms with Crippen molar-refractivity contribution < 1.29 is 0 Å². The molecule has 0 saturated carbocycles. The summed E-state index contributed by atoms with van der Waals surface area (Å²) >= 11 is 20.4. The van der Waals surface area contributed by atoms with E-state index in [0.717, 1.165) is 11.1 Å². The van der Waals surface area contributed by atoms with E-state index >= 15 is 0 Å². The molecule has 0 aliphatic heterocycles. The molecule has 0 aliphatic rings. The van der Waals surface area contributed by atoms with Crippen LogP contribution in [0.15, 0.2) is 48.5 Å². The van der Waals surface area contributed by atoms with Gasteiger partial charge in [-0.2, -0.15) is 0 Å². The van der Waals surface area contributed by atoms with Gasteiger partial charge >= 0.3 is 0 Å². The summed E-state index contributed by atoms with van der Waals surface area (Å²) in [5.41, 5.74) is 2.17. The lowest BCUT2D eigenvalue weighted by atomic mass is 9.93. The summed E-state index contributed by atoms with van der Waals surface area (Å²) in [6, 6.07) is 15.8. The van der Waals surface area contributed by atoms with E-state index in [4.69, 9.17) is 34.8 Å². The van der Waals surface area contributed by atoms with Crippen LogP contribution in [0.2, 0.25) is 5.02 Å².